The molecule has 0 amide bonds. The van der Waals surface area contributed by atoms with Crippen LogP contribution >= 0.6 is 0 Å². The molecule has 1 atom stereocenters. The fourth-order valence-electron chi connectivity index (χ4n) is 1.77. The van der Waals surface area contributed by atoms with Gasteiger partial charge in [-0.1, -0.05) is 0 Å². The lowest BCUT2D eigenvalue weighted by Crippen LogP contribution is -2.29. The summed E-state index contributed by atoms with van der Waals surface area (Å²) in [6.45, 7) is 0.684. The normalized spacial score (nSPS) is 14.8. The van der Waals surface area contributed by atoms with Crippen LogP contribution in [-0.4, -0.2) is 18.4 Å². The molecule has 0 aromatic heterocycles. The molecule has 0 aliphatic carbocycles. The van der Waals surface area contributed by atoms with Crippen molar-refractivity contribution in [1.29, 1.82) is 0 Å². The summed E-state index contributed by atoms with van der Waals surface area (Å²) in [7, 11) is 0. The number of hydrogen-bond acceptors (Lipinski definition) is 3. The Kier molecular flexibility index (Phi) is 2.93. The van der Waals surface area contributed by atoms with Crippen molar-refractivity contribution >= 4 is 5.78 Å². The first-order valence-corrected chi connectivity index (χ1v) is 5.21. The molecular weight excluding hydrogens is 202 g/mol. The number of terminal acetylenes is 1. The van der Waals surface area contributed by atoms with Crippen LogP contribution in [0.25, 0.3) is 0 Å². The number of Topliss-reactive ketones (excluding diaryl/α,β-unsaturated/α-hetero) is 1. The smallest absolute Gasteiger partial charge is 0.180 e. The zero-order valence-corrected chi connectivity index (χ0v) is 8.90. The lowest BCUT2D eigenvalue weighted by atomic mass is 10.00. The van der Waals surface area contributed by atoms with Crippen molar-refractivity contribution in [1.82, 2.24) is 0 Å². The molecule has 2 N–H and O–H groups in total. The Balaban J connectivity index is 2.22. The molecule has 3 nitrogen and oxygen atoms in total. The minimum absolute atomic E-state index is 0.104. The van der Waals surface area contributed by atoms with Crippen LogP contribution in [0.2, 0.25) is 0 Å². The molecular formula is C13H13NO2. The summed E-state index contributed by atoms with van der Waals surface area (Å²) in [6.07, 6.45) is 6.25. The molecule has 1 aliphatic heterocycles. The fourth-order valence-corrected chi connectivity index (χ4v) is 1.77. The Labute approximate surface area is 94.6 Å². The topological polar surface area (TPSA) is 52.3 Å². The zero-order chi connectivity index (χ0) is 11.5. The van der Waals surface area contributed by atoms with E-state index in [1.165, 1.54) is 0 Å². The Morgan fingerprint density at radius 2 is 2.44 bits per heavy atom. The van der Waals surface area contributed by atoms with Crippen LogP contribution in [0.3, 0.4) is 0 Å². The number of fused-ring (bicyclic) bond motifs is 1. The summed E-state index contributed by atoms with van der Waals surface area (Å²) in [5.41, 5.74) is 7.37. The molecule has 1 heterocycles. The number of ketones is 1. The van der Waals surface area contributed by atoms with Crippen LogP contribution < -0.4 is 10.5 Å². The first-order chi connectivity index (χ1) is 7.72. The largest absolute Gasteiger partial charge is 0.493 e. The summed E-state index contributed by atoms with van der Waals surface area (Å²) in [4.78, 5) is 11.9. The number of nitrogens with two attached hydrogens (primary N) is 1. The molecule has 82 valence electrons. The lowest BCUT2D eigenvalue weighted by molar-refractivity contribution is 0.0963. The van der Waals surface area contributed by atoms with Gasteiger partial charge >= 0.3 is 0 Å². The van der Waals surface area contributed by atoms with E-state index in [-0.39, 0.29) is 12.2 Å². The maximum Gasteiger partial charge on any atom is 0.180 e. The molecule has 1 aromatic carbocycles. The van der Waals surface area contributed by atoms with Gasteiger partial charge in [0.05, 0.1) is 12.6 Å². The summed E-state index contributed by atoms with van der Waals surface area (Å²) in [6, 6.07) is 4.80. The molecule has 0 saturated heterocycles. The van der Waals surface area contributed by atoms with Gasteiger partial charge in [-0.25, -0.2) is 0 Å². The van der Waals surface area contributed by atoms with E-state index in [2.05, 4.69) is 5.92 Å². The first kappa shape index (κ1) is 10.7. The van der Waals surface area contributed by atoms with Crippen molar-refractivity contribution in [2.45, 2.75) is 18.9 Å². The van der Waals surface area contributed by atoms with Crippen molar-refractivity contribution in [2.75, 3.05) is 6.61 Å². The van der Waals surface area contributed by atoms with Gasteiger partial charge in [0.15, 0.2) is 5.78 Å². The molecule has 0 spiro atoms. The van der Waals surface area contributed by atoms with E-state index >= 15 is 0 Å². The monoisotopic (exact) mass is 215 g/mol. The SMILES string of the molecule is C#CCC(N)C(=O)c1ccc2c(c1)CCO2. The third kappa shape index (κ3) is 1.93. The van der Waals surface area contributed by atoms with Gasteiger partial charge in [-0.15, -0.1) is 12.3 Å². The Morgan fingerprint density at radius 3 is 3.19 bits per heavy atom. The highest BCUT2D eigenvalue weighted by Crippen LogP contribution is 2.26. The number of rotatable bonds is 3. The predicted molar refractivity (Wildman–Crippen MR) is 61.4 cm³/mol. The highest BCUT2D eigenvalue weighted by molar-refractivity contribution is 6.00. The van der Waals surface area contributed by atoms with E-state index in [4.69, 9.17) is 16.9 Å². The number of hydrogen-bond donors (Lipinski definition) is 1. The number of ether oxygens (including phenoxy) is 1. The summed E-state index contributed by atoms with van der Waals surface area (Å²) in [5.74, 6) is 3.16. The Hall–Kier alpha value is -1.79. The molecule has 16 heavy (non-hydrogen) atoms. The molecule has 1 aromatic rings. The van der Waals surface area contributed by atoms with Crippen LogP contribution in [0.1, 0.15) is 22.3 Å². The molecule has 0 radical (unpaired) electrons. The Morgan fingerprint density at radius 1 is 1.62 bits per heavy atom. The van der Waals surface area contributed by atoms with Crippen molar-refractivity contribution in [3.63, 3.8) is 0 Å². The van der Waals surface area contributed by atoms with E-state index in [9.17, 15) is 4.79 Å². The second-order valence-electron chi connectivity index (χ2n) is 3.80. The van der Waals surface area contributed by atoms with E-state index in [1.807, 2.05) is 12.1 Å². The van der Waals surface area contributed by atoms with Crippen LogP contribution in [0.15, 0.2) is 18.2 Å². The average molecular weight is 215 g/mol. The van der Waals surface area contributed by atoms with Gasteiger partial charge in [0.2, 0.25) is 0 Å². The van der Waals surface area contributed by atoms with Gasteiger partial charge < -0.3 is 10.5 Å². The highest BCUT2D eigenvalue weighted by atomic mass is 16.5. The van der Waals surface area contributed by atoms with Crippen LogP contribution in [0.5, 0.6) is 5.75 Å². The second kappa shape index (κ2) is 4.38. The highest BCUT2D eigenvalue weighted by Gasteiger charge is 2.18. The first-order valence-electron chi connectivity index (χ1n) is 5.21. The molecule has 0 fully saturated rings. The summed E-state index contributed by atoms with van der Waals surface area (Å²) >= 11 is 0. The van der Waals surface area contributed by atoms with Crippen LogP contribution in [0, 0.1) is 12.3 Å². The molecule has 1 unspecified atom stereocenters. The molecule has 3 heteroatoms. The van der Waals surface area contributed by atoms with Gasteiger partial charge in [0, 0.05) is 18.4 Å². The van der Waals surface area contributed by atoms with E-state index in [0.717, 1.165) is 17.7 Å². The number of carbonyl (C=O) groups excluding carboxylic acids is 1. The van der Waals surface area contributed by atoms with Crippen LogP contribution in [0.4, 0.5) is 0 Å². The van der Waals surface area contributed by atoms with Gasteiger partial charge in [0.25, 0.3) is 0 Å². The van der Waals surface area contributed by atoms with E-state index in [0.29, 0.717) is 12.2 Å². The van der Waals surface area contributed by atoms with Gasteiger partial charge in [-0.3, -0.25) is 4.79 Å². The number of benzene rings is 1. The van der Waals surface area contributed by atoms with Crippen molar-refractivity contribution < 1.29 is 9.53 Å². The average Bonchev–Trinajstić information content (AvgIpc) is 2.75. The van der Waals surface area contributed by atoms with Crippen molar-refractivity contribution in [3.05, 3.63) is 29.3 Å². The lowest BCUT2D eigenvalue weighted by Gasteiger charge is -2.08. The van der Waals surface area contributed by atoms with Gasteiger partial charge in [-0.05, 0) is 23.8 Å². The van der Waals surface area contributed by atoms with Gasteiger partial charge in [0.1, 0.15) is 5.75 Å². The molecule has 0 bridgehead atoms. The third-order valence-electron chi connectivity index (χ3n) is 2.65. The summed E-state index contributed by atoms with van der Waals surface area (Å²) in [5, 5.41) is 0. The van der Waals surface area contributed by atoms with Crippen molar-refractivity contribution in [2.24, 2.45) is 5.73 Å². The van der Waals surface area contributed by atoms with E-state index in [1.54, 1.807) is 6.07 Å². The molecule has 1 aliphatic rings. The van der Waals surface area contributed by atoms with E-state index < -0.39 is 6.04 Å². The zero-order valence-electron chi connectivity index (χ0n) is 8.90. The van der Waals surface area contributed by atoms with Crippen molar-refractivity contribution in [3.8, 4) is 18.1 Å². The summed E-state index contributed by atoms with van der Waals surface area (Å²) < 4.78 is 5.37. The number of carbonyl (C=O) groups is 1. The minimum Gasteiger partial charge on any atom is -0.493 e. The Bertz CT molecular complexity index is 459. The minimum atomic E-state index is -0.606. The second-order valence-corrected chi connectivity index (χ2v) is 3.80. The quantitative estimate of drug-likeness (QED) is 0.608. The predicted octanol–water partition coefficient (Wildman–Crippen LogP) is 1.15. The van der Waals surface area contributed by atoms with Crippen LogP contribution in [-0.2, 0) is 6.42 Å². The third-order valence-corrected chi connectivity index (χ3v) is 2.65. The van der Waals surface area contributed by atoms with Gasteiger partial charge in [-0.2, -0.15) is 0 Å². The maximum atomic E-state index is 11.9. The molecule has 2 rings (SSSR count). The standard InChI is InChI=1S/C13H13NO2/c1-2-3-11(14)13(15)10-4-5-12-9(8-10)6-7-16-12/h1,4-5,8,11H,3,6-7,14H2. The fraction of sp³-hybridized carbons (Fsp3) is 0.308. The maximum absolute atomic E-state index is 11.9. The molecule has 0 saturated carbocycles.